The first-order valence-corrected chi connectivity index (χ1v) is 10.5. The van der Waals surface area contributed by atoms with Gasteiger partial charge in [0.2, 0.25) is 0 Å². The van der Waals surface area contributed by atoms with E-state index in [0.29, 0.717) is 30.0 Å². The Morgan fingerprint density at radius 2 is 1.97 bits per heavy atom. The maximum absolute atomic E-state index is 12.8. The molecule has 1 N–H and O–H groups in total. The molecule has 4 rings (SSSR count). The molecule has 3 heterocycles. The summed E-state index contributed by atoms with van der Waals surface area (Å²) in [5.74, 6) is -0.197. The molecule has 0 spiro atoms. The van der Waals surface area contributed by atoms with Crippen LogP contribution in [0.5, 0.6) is 0 Å². The van der Waals surface area contributed by atoms with Crippen molar-refractivity contribution in [1.29, 1.82) is 0 Å². The normalized spacial score (nSPS) is 11.8. The fourth-order valence-electron chi connectivity index (χ4n) is 3.69. The smallest absolute Gasteiger partial charge is 0.330 e. The van der Waals surface area contributed by atoms with Crippen molar-refractivity contribution >= 4 is 17.1 Å². The molecule has 8 heteroatoms. The van der Waals surface area contributed by atoms with E-state index in [4.69, 9.17) is 9.51 Å². The molecule has 0 radical (unpaired) electrons. The van der Waals surface area contributed by atoms with Crippen molar-refractivity contribution in [3.63, 3.8) is 0 Å². The number of nitrogens with zero attached hydrogens (tertiary/aromatic N) is 4. The number of carbonyl (C=O) groups is 1. The average Bonchev–Trinajstić information content (AvgIpc) is 3.34. The minimum atomic E-state index is -0.197. The van der Waals surface area contributed by atoms with Gasteiger partial charge < -0.3 is 9.84 Å². The number of imidazole rings is 1. The molecule has 1 aromatic carbocycles. The number of hydrogen-bond acceptors (Lipinski definition) is 5. The zero-order chi connectivity index (χ0) is 23.0. The first kappa shape index (κ1) is 21.5. The molecule has 0 saturated carbocycles. The van der Waals surface area contributed by atoms with Crippen molar-refractivity contribution in [3.05, 3.63) is 70.0 Å². The summed E-state index contributed by atoms with van der Waals surface area (Å²) in [6.45, 7) is 9.21. The maximum atomic E-state index is 12.8. The third kappa shape index (κ3) is 4.21. The average molecular weight is 434 g/mol. The molecule has 0 fully saturated rings. The van der Waals surface area contributed by atoms with Crippen LogP contribution < -0.4 is 11.0 Å². The van der Waals surface area contributed by atoms with Crippen molar-refractivity contribution in [3.8, 4) is 11.3 Å². The molecule has 0 aliphatic heterocycles. The minimum absolute atomic E-state index is 0.0401. The fourth-order valence-corrected chi connectivity index (χ4v) is 3.69. The van der Waals surface area contributed by atoms with Crippen LogP contribution in [0.1, 0.15) is 42.3 Å². The van der Waals surface area contributed by atoms with E-state index in [9.17, 15) is 9.59 Å². The Morgan fingerprint density at radius 3 is 2.66 bits per heavy atom. The zero-order valence-electron chi connectivity index (χ0n) is 19.0. The van der Waals surface area contributed by atoms with Crippen molar-refractivity contribution in [2.45, 2.75) is 40.8 Å². The highest BCUT2D eigenvalue weighted by molar-refractivity contribution is 5.95. The molecule has 0 aliphatic carbocycles. The lowest BCUT2D eigenvalue weighted by molar-refractivity contribution is 0.0951. The highest BCUT2D eigenvalue weighted by Crippen LogP contribution is 2.26. The Labute approximate surface area is 185 Å². The number of pyridine rings is 1. The zero-order valence-corrected chi connectivity index (χ0v) is 19.0. The van der Waals surface area contributed by atoms with Crippen LogP contribution in [-0.4, -0.2) is 25.2 Å². The number of hydrogen-bond donors (Lipinski definition) is 1. The lowest BCUT2D eigenvalue weighted by atomic mass is 9.97. The largest absolute Gasteiger partial charge is 0.364 e. The molecular weight excluding hydrogens is 406 g/mol. The van der Waals surface area contributed by atoms with Gasteiger partial charge in [-0.25, -0.2) is 9.78 Å². The molecule has 0 atom stereocenters. The molecule has 8 nitrogen and oxygen atoms in total. The maximum Gasteiger partial charge on any atom is 0.330 e. The van der Waals surface area contributed by atoms with Gasteiger partial charge in [0.15, 0.2) is 5.65 Å². The van der Waals surface area contributed by atoms with Crippen LogP contribution in [0, 0.1) is 12.3 Å². The Hall–Kier alpha value is -3.68. The predicted octanol–water partition coefficient (Wildman–Crippen LogP) is 3.67. The summed E-state index contributed by atoms with van der Waals surface area (Å²) in [4.78, 5) is 30.3. The molecule has 4 aromatic rings. The second-order valence-electron chi connectivity index (χ2n) is 9.27. The number of fused-ring (bicyclic) bond motifs is 1. The van der Waals surface area contributed by atoms with Gasteiger partial charge in [0, 0.05) is 36.8 Å². The molecule has 3 aromatic heterocycles. The van der Waals surface area contributed by atoms with E-state index < -0.39 is 0 Å². The van der Waals surface area contributed by atoms with Crippen LogP contribution in [0.4, 0.5) is 0 Å². The number of rotatable bonds is 5. The van der Waals surface area contributed by atoms with Crippen molar-refractivity contribution in [2.24, 2.45) is 12.5 Å². The lowest BCUT2D eigenvalue weighted by Gasteiger charge is -2.18. The Balaban J connectivity index is 1.69. The summed E-state index contributed by atoms with van der Waals surface area (Å²) in [5.41, 5.74) is 5.18. The van der Waals surface area contributed by atoms with Crippen molar-refractivity contribution in [2.75, 3.05) is 0 Å². The van der Waals surface area contributed by atoms with Gasteiger partial charge in [-0.05, 0) is 42.2 Å². The quantitative estimate of drug-likeness (QED) is 0.518. The monoisotopic (exact) mass is 433 g/mol. The number of amides is 1. The summed E-state index contributed by atoms with van der Waals surface area (Å²) in [6, 6.07) is 9.36. The van der Waals surface area contributed by atoms with Gasteiger partial charge in [-0.1, -0.05) is 32.0 Å². The lowest BCUT2D eigenvalue weighted by Crippen LogP contribution is -2.27. The van der Waals surface area contributed by atoms with E-state index in [-0.39, 0.29) is 17.0 Å². The Kier molecular flexibility index (Phi) is 5.46. The highest BCUT2D eigenvalue weighted by atomic mass is 16.5. The third-order valence-electron chi connectivity index (χ3n) is 5.33. The van der Waals surface area contributed by atoms with Crippen molar-refractivity contribution in [1.82, 2.24) is 24.6 Å². The first-order chi connectivity index (χ1) is 15.1. The van der Waals surface area contributed by atoms with Crippen LogP contribution in [0.15, 0.2) is 52.1 Å². The summed E-state index contributed by atoms with van der Waals surface area (Å²) >= 11 is 0. The first-order valence-electron chi connectivity index (χ1n) is 10.5. The van der Waals surface area contributed by atoms with Crippen LogP contribution in [0.2, 0.25) is 0 Å². The SMILES string of the molecule is Cc1ccc(C(=O)NCc2cnoc2)cc1-c1ccc2c(n1)n(C)c(=O)n2CC(C)(C)C. The van der Waals surface area contributed by atoms with Crippen LogP contribution in [-0.2, 0) is 20.1 Å². The molecule has 1 amide bonds. The van der Waals surface area contributed by atoms with Gasteiger partial charge in [-0.15, -0.1) is 0 Å². The molecule has 0 aliphatic rings. The van der Waals surface area contributed by atoms with Gasteiger partial charge >= 0.3 is 5.69 Å². The molecule has 0 unspecified atom stereocenters. The highest BCUT2D eigenvalue weighted by Gasteiger charge is 2.19. The molecule has 0 saturated heterocycles. The molecular formula is C24H27N5O3. The number of carbonyl (C=O) groups excluding carboxylic acids is 1. The van der Waals surface area contributed by atoms with E-state index in [1.165, 1.54) is 6.26 Å². The van der Waals surface area contributed by atoms with E-state index >= 15 is 0 Å². The Bertz CT molecular complexity index is 1340. The minimum Gasteiger partial charge on any atom is -0.364 e. The Morgan fingerprint density at radius 1 is 1.19 bits per heavy atom. The van der Waals surface area contributed by atoms with Gasteiger partial charge in [-0.3, -0.25) is 13.9 Å². The van der Waals surface area contributed by atoms with Crippen LogP contribution in [0.3, 0.4) is 0 Å². The molecule has 32 heavy (non-hydrogen) atoms. The summed E-state index contributed by atoms with van der Waals surface area (Å²) in [7, 11) is 1.74. The predicted molar refractivity (Wildman–Crippen MR) is 122 cm³/mol. The van der Waals surface area contributed by atoms with E-state index in [2.05, 4.69) is 31.2 Å². The topological polar surface area (TPSA) is 95.0 Å². The number of nitrogens with one attached hydrogen (secondary N) is 1. The van der Waals surface area contributed by atoms with Gasteiger partial charge in [0.05, 0.1) is 17.4 Å². The second-order valence-corrected chi connectivity index (χ2v) is 9.27. The number of aryl methyl sites for hydroxylation is 2. The van der Waals surface area contributed by atoms with Gasteiger partial charge in [-0.2, -0.15) is 0 Å². The summed E-state index contributed by atoms with van der Waals surface area (Å²) in [5, 5.41) is 6.50. The summed E-state index contributed by atoms with van der Waals surface area (Å²) < 4.78 is 8.14. The van der Waals surface area contributed by atoms with E-state index in [0.717, 1.165) is 22.2 Å². The number of benzene rings is 1. The van der Waals surface area contributed by atoms with Gasteiger partial charge in [0.25, 0.3) is 5.91 Å². The van der Waals surface area contributed by atoms with Crippen LogP contribution in [0.25, 0.3) is 22.4 Å². The van der Waals surface area contributed by atoms with E-state index in [1.807, 2.05) is 31.2 Å². The number of aromatic nitrogens is 4. The molecule has 0 bridgehead atoms. The second kappa shape index (κ2) is 8.11. The van der Waals surface area contributed by atoms with E-state index in [1.54, 1.807) is 28.4 Å². The van der Waals surface area contributed by atoms with Crippen LogP contribution >= 0.6 is 0 Å². The molecule has 166 valence electrons. The fraction of sp³-hybridized carbons (Fsp3) is 0.333. The van der Waals surface area contributed by atoms with Gasteiger partial charge in [0.1, 0.15) is 6.26 Å². The summed E-state index contributed by atoms with van der Waals surface area (Å²) in [6.07, 6.45) is 3.06. The van der Waals surface area contributed by atoms with Crippen molar-refractivity contribution < 1.29 is 9.32 Å². The standard InChI is InChI=1S/C24H27N5O3/c1-15-6-7-17(22(30)25-11-16-12-26-32-13-16)10-18(15)19-8-9-20-21(27-19)28(5)23(31)29(20)14-24(2,3)4/h6-10,12-13H,11,14H2,1-5H3,(H,25,30). The third-order valence-corrected chi connectivity index (χ3v) is 5.33.